The van der Waals surface area contributed by atoms with Gasteiger partial charge in [-0.1, -0.05) is 12.2 Å². The van der Waals surface area contributed by atoms with Crippen molar-refractivity contribution in [2.45, 2.75) is 13.3 Å². The molecule has 0 radical (unpaired) electrons. The van der Waals surface area contributed by atoms with Crippen LogP contribution in [0.25, 0.3) is 0 Å². The number of likely N-dealkylation sites (tertiary alicyclic amines) is 1. The van der Waals surface area contributed by atoms with Crippen molar-refractivity contribution < 1.29 is 0 Å². The van der Waals surface area contributed by atoms with Crippen LogP contribution >= 0.6 is 0 Å². The molecule has 0 aromatic carbocycles. The molecule has 1 aliphatic rings. The molecule has 0 aromatic rings. The lowest BCUT2D eigenvalue weighted by Crippen LogP contribution is -2.14. The summed E-state index contributed by atoms with van der Waals surface area (Å²) < 4.78 is 0. The SMILES string of the molecule is C=C(C)C1CCN(C)C1. The van der Waals surface area contributed by atoms with E-state index in [2.05, 4.69) is 25.5 Å². The van der Waals surface area contributed by atoms with Crippen molar-refractivity contribution in [3.8, 4) is 0 Å². The molecule has 0 bridgehead atoms. The Labute approximate surface area is 57.4 Å². The Balaban J connectivity index is 2.39. The fourth-order valence-electron chi connectivity index (χ4n) is 1.34. The van der Waals surface area contributed by atoms with Gasteiger partial charge in [-0.3, -0.25) is 0 Å². The van der Waals surface area contributed by atoms with E-state index in [1.807, 2.05) is 0 Å². The largest absolute Gasteiger partial charge is 0.306 e. The van der Waals surface area contributed by atoms with E-state index in [9.17, 15) is 0 Å². The molecule has 1 heterocycles. The van der Waals surface area contributed by atoms with Crippen molar-refractivity contribution >= 4 is 0 Å². The van der Waals surface area contributed by atoms with Gasteiger partial charge in [0.1, 0.15) is 0 Å². The summed E-state index contributed by atoms with van der Waals surface area (Å²) in [5.41, 5.74) is 1.35. The first-order valence-corrected chi connectivity index (χ1v) is 3.54. The van der Waals surface area contributed by atoms with Gasteiger partial charge >= 0.3 is 0 Å². The molecule has 0 aromatic heterocycles. The summed E-state index contributed by atoms with van der Waals surface area (Å²) in [4.78, 5) is 2.36. The molecule has 1 saturated heterocycles. The lowest BCUT2D eigenvalue weighted by atomic mass is 10.0. The van der Waals surface area contributed by atoms with Crippen LogP contribution in [0.5, 0.6) is 0 Å². The molecule has 0 aliphatic carbocycles. The Morgan fingerprint density at radius 3 is 2.56 bits per heavy atom. The van der Waals surface area contributed by atoms with Crippen molar-refractivity contribution in [3.63, 3.8) is 0 Å². The maximum Gasteiger partial charge on any atom is 0.00442 e. The molecule has 0 saturated carbocycles. The molecular weight excluding hydrogens is 110 g/mol. The normalized spacial score (nSPS) is 28.9. The van der Waals surface area contributed by atoms with Gasteiger partial charge in [0.25, 0.3) is 0 Å². The summed E-state index contributed by atoms with van der Waals surface area (Å²) in [6.45, 7) is 8.54. The first kappa shape index (κ1) is 6.81. The third-order valence-corrected chi connectivity index (χ3v) is 2.09. The van der Waals surface area contributed by atoms with Gasteiger partial charge in [-0.25, -0.2) is 0 Å². The fourth-order valence-corrected chi connectivity index (χ4v) is 1.34. The van der Waals surface area contributed by atoms with Crippen LogP contribution < -0.4 is 0 Å². The van der Waals surface area contributed by atoms with Crippen molar-refractivity contribution in [1.82, 2.24) is 4.90 Å². The zero-order valence-corrected chi connectivity index (χ0v) is 6.35. The second kappa shape index (κ2) is 2.53. The molecule has 1 nitrogen and oxygen atoms in total. The molecule has 1 rings (SSSR count). The van der Waals surface area contributed by atoms with Crippen molar-refractivity contribution in [3.05, 3.63) is 12.2 Å². The highest BCUT2D eigenvalue weighted by Crippen LogP contribution is 2.20. The summed E-state index contributed by atoms with van der Waals surface area (Å²) >= 11 is 0. The molecule has 0 N–H and O–H groups in total. The quantitative estimate of drug-likeness (QED) is 0.480. The predicted molar refractivity (Wildman–Crippen MR) is 40.4 cm³/mol. The third-order valence-electron chi connectivity index (χ3n) is 2.09. The average molecular weight is 125 g/mol. The Kier molecular flexibility index (Phi) is 1.91. The molecule has 9 heavy (non-hydrogen) atoms. The number of hydrogen-bond donors (Lipinski definition) is 0. The molecular formula is C8H15N. The molecule has 1 unspecified atom stereocenters. The second-order valence-corrected chi connectivity index (χ2v) is 3.09. The van der Waals surface area contributed by atoms with Crippen LogP contribution in [-0.4, -0.2) is 25.0 Å². The van der Waals surface area contributed by atoms with Gasteiger partial charge in [0, 0.05) is 6.54 Å². The van der Waals surface area contributed by atoms with Gasteiger partial charge in [0.05, 0.1) is 0 Å². The van der Waals surface area contributed by atoms with Gasteiger partial charge in [-0.15, -0.1) is 0 Å². The zero-order valence-electron chi connectivity index (χ0n) is 6.35. The van der Waals surface area contributed by atoms with E-state index in [-0.39, 0.29) is 0 Å². The maximum atomic E-state index is 3.94. The standard InChI is InChI=1S/C8H15N/c1-7(2)8-4-5-9(3)6-8/h8H,1,4-6H2,2-3H3. The summed E-state index contributed by atoms with van der Waals surface area (Å²) in [5.74, 6) is 0.773. The van der Waals surface area contributed by atoms with Crippen molar-refractivity contribution in [1.29, 1.82) is 0 Å². The molecule has 0 amide bonds. The van der Waals surface area contributed by atoms with Crippen LogP contribution in [0.15, 0.2) is 12.2 Å². The molecule has 1 atom stereocenters. The first-order chi connectivity index (χ1) is 4.20. The minimum atomic E-state index is 0.773. The van der Waals surface area contributed by atoms with Gasteiger partial charge < -0.3 is 4.90 Å². The van der Waals surface area contributed by atoms with Crippen molar-refractivity contribution in [2.75, 3.05) is 20.1 Å². The second-order valence-electron chi connectivity index (χ2n) is 3.09. The zero-order chi connectivity index (χ0) is 6.85. The van der Waals surface area contributed by atoms with E-state index >= 15 is 0 Å². The van der Waals surface area contributed by atoms with Gasteiger partial charge in [0.2, 0.25) is 0 Å². The summed E-state index contributed by atoms with van der Waals surface area (Å²) in [6.07, 6.45) is 1.31. The monoisotopic (exact) mass is 125 g/mol. The smallest absolute Gasteiger partial charge is 0.00442 e. The average Bonchev–Trinajstić information content (AvgIpc) is 2.14. The van der Waals surface area contributed by atoms with Crippen LogP contribution in [0.1, 0.15) is 13.3 Å². The molecule has 1 fully saturated rings. The topological polar surface area (TPSA) is 3.24 Å². The fraction of sp³-hybridized carbons (Fsp3) is 0.750. The summed E-state index contributed by atoms with van der Waals surface area (Å²) in [7, 11) is 2.17. The van der Waals surface area contributed by atoms with Crippen LogP contribution in [0.3, 0.4) is 0 Å². The highest BCUT2D eigenvalue weighted by atomic mass is 15.1. The lowest BCUT2D eigenvalue weighted by molar-refractivity contribution is 0.405. The summed E-state index contributed by atoms with van der Waals surface area (Å²) in [5, 5.41) is 0. The predicted octanol–water partition coefficient (Wildman–Crippen LogP) is 1.51. The van der Waals surface area contributed by atoms with E-state index in [1.165, 1.54) is 25.1 Å². The molecule has 52 valence electrons. The minimum absolute atomic E-state index is 0.773. The highest BCUT2D eigenvalue weighted by Gasteiger charge is 2.18. The Bertz CT molecular complexity index is 118. The highest BCUT2D eigenvalue weighted by molar-refractivity contribution is 4.99. The number of hydrogen-bond acceptors (Lipinski definition) is 1. The number of rotatable bonds is 1. The van der Waals surface area contributed by atoms with E-state index in [0.29, 0.717) is 0 Å². The van der Waals surface area contributed by atoms with Crippen LogP contribution in [0.2, 0.25) is 0 Å². The van der Waals surface area contributed by atoms with E-state index in [0.717, 1.165) is 5.92 Å². The van der Waals surface area contributed by atoms with Crippen LogP contribution in [0, 0.1) is 5.92 Å². The van der Waals surface area contributed by atoms with Crippen LogP contribution in [-0.2, 0) is 0 Å². The molecule has 1 aliphatic heterocycles. The van der Waals surface area contributed by atoms with E-state index in [4.69, 9.17) is 0 Å². The van der Waals surface area contributed by atoms with E-state index < -0.39 is 0 Å². The van der Waals surface area contributed by atoms with E-state index in [1.54, 1.807) is 0 Å². The molecule has 1 heteroatoms. The Morgan fingerprint density at radius 1 is 1.67 bits per heavy atom. The minimum Gasteiger partial charge on any atom is -0.306 e. The molecule has 0 spiro atoms. The third kappa shape index (κ3) is 1.55. The summed E-state index contributed by atoms with van der Waals surface area (Å²) in [6, 6.07) is 0. The van der Waals surface area contributed by atoms with Gasteiger partial charge in [-0.2, -0.15) is 0 Å². The Morgan fingerprint density at radius 2 is 2.33 bits per heavy atom. The van der Waals surface area contributed by atoms with Crippen LogP contribution in [0.4, 0.5) is 0 Å². The first-order valence-electron chi connectivity index (χ1n) is 3.54. The Hall–Kier alpha value is -0.300. The number of nitrogens with zero attached hydrogens (tertiary/aromatic N) is 1. The van der Waals surface area contributed by atoms with Crippen molar-refractivity contribution in [2.24, 2.45) is 5.92 Å². The van der Waals surface area contributed by atoms with Gasteiger partial charge in [-0.05, 0) is 32.9 Å². The lowest BCUT2D eigenvalue weighted by Gasteiger charge is -2.08. The van der Waals surface area contributed by atoms with Gasteiger partial charge in [0.15, 0.2) is 0 Å². The maximum absolute atomic E-state index is 3.94.